The smallest absolute Gasteiger partial charge is 0.356 e. The van der Waals surface area contributed by atoms with Crippen LogP contribution >= 0.6 is 11.8 Å². The van der Waals surface area contributed by atoms with E-state index in [0.717, 1.165) is 41.8 Å². The number of nitrogens with zero attached hydrogens (tertiary/aromatic N) is 4. The number of hydrogen-bond acceptors (Lipinski definition) is 8. The summed E-state index contributed by atoms with van der Waals surface area (Å²) in [6.07, 6.45) is -2.93. The van der Waals surface area contributed by atoms with E-state index in [0.29, 0.717) is 0 Å². The summed E-state index contributed by atoms with van der Waals surface area (Å²) in [4.78, 5) is 58.5. The van der Waals surface area contributed by atoms with Gasteiger partial charge in [0.05, 0.1) is 5.56 Å². The van der Waals surface area contributed by atoms with Gasteiger partial charge in [-0.05, 0) is 37.3 Å². The lowest BCUT2D eigenvalue weighted by Gasteiger charge is -2.30. The SMILES string of the molecule is C.CSc1nc(NC(C)=O)nc(N(C(C)=O)[C@@H](CCCNC(C)=O)C(=O)Nc2cccc(C(F)(F)F)c2)c1C#N. The molecule has 3 N–H and O–H groups in total. The van der Waals surface area contributed by atoms with Gasteiger partial charge in [-0.15, -0.1) is 11.8 Å². The average Bonchev–Trinajstić information content (AvgIpc) is 2.84. The number of benzene rings is 1. The fraction of sp³-hybridized carbons (Fsp3) is 0.400. The van der Waals surface area contributed by atoms with Gasteiger partial charge in [-0.1, -0.05) is 13.5 Å². The fourth-order valence-corrected chi connectivity index (χ4v) is 4.03. The molecule has 1 atom stereocenters. The van der Waals surface area contributed by atoms with Crippen molar-refractivity contribution in [2.75, 3.05) is 28.3 Å². The highest BCUT2D eigenvalue weighted by atomic mass is 32.2. The van der Waals surface area contributed by atoms with Gasteiger partial charge in [0.15, 0.2) is 5.82 Å². The van der Waals surface area contributed by atoms with Crippen LogP contribution in [0.5, 0.6) is 0 Å². The Bertz CT molecular complexity index is 1300. The first kappa shape index (κ1) is 33.8. The molecule has 4 amide bonds. The number of anilines is 3. The molecule has 1 heterocycles. The van der Waals surface area contributed by atoms with E-state index in [1.165, 1.54) is 19.9 Å². The number of halogens is 3. The monoisotopic (exact) mass is 581 g/mol. The molecule has 0 unspecified atom stereocenters. The highest BCUT2D eigenvalue weighted by molar-refractivity contribution is 7.98. The normalized spacial score (nSPS) is 11.3. The Hall–Kier alpha value is -4.19. The van der Waals surface area contributed by atoms with Gasteiger partial charge in [0, 0.05) is 33.0 Å². The number of carbonyl (C=O) groups is 4. The summed E-state index contributed by atoms with van der Waals surface area (Å²) in [5, 5.41) is 17.3. The Balaban J connectivity index is 0.00000800. The zero-order valence-corrected chi connectivity index (χ0v) is 22.3. The molecule has 1 aromatic carbocycles. The molecule has 0 fully saturated rings. The molecule has 2 aromatic rings. The summed E-state index contributed by atoms with van der Waals surface area (Å²) in [5.74, 6) is -2.91. The Morgan fingerprint density at radius 3 is 2.30 bits per heavy atom. The second-order valence-electron chi connectivity index (χ2n) is 8.15. The molecular formula is C25H30F3N7O4S. The van der Waals surface area contributed by atoms with E-state index in [1.54, 1.807) is 6.26 Å². The number of hydrogen-bond donors (Lipinski definition) is 3. The van der Waals surface area contributed by atoms with Gasteiger partial charge in [0.2, 0.25) is 29.6 Å². The van der Waals surface area contributed by atoms with Gasteiger partial charge in [-0.3, -0.25) is 29.4 Å². The van der Waals surface area contributed by atoms with Gasteiger partial charge >= 0.3 is 6.18 Å². The second-order valence-corrected chi connectivity index (χ2v) is 8.94. The molecule has 0 bridgehead atoms. The van der Waals surface area contributed by atoms with E-state index in [4.69, 9.17) is 0 Å². The summed E-state index contributed by atoms with van der Waals surface area (Å²) in [6, 6.07) is 4.51. The largest absolute Gasteiger partial charge is 0.416 e. The number of amides is 4. The molecule has 0 saturated heterocycles. The zero-order valence-electron chi connectivity index (χ0n) is 21.5. The molecule has 0 spiro atoms. The molecule has 15 heteroatoms. The van der Waals surface area contributed by atoms with Crippen molar-refractivity contribution in [2.24, 2.45) is 0 Å². The average molecular weight is 582 g/mol. The Kier molecular flexibility index (Phi) is 12.5. The standard InChI is InChI=1S/C24H26F3N7O4S.CH4/c1-13(35)29-10-6-9-19(21(38)31-17-8-5-7-16(11-17)24(25,26)27)34(15(3)37)20-18(12-28)22(39-4)33-23(32-20)30-14(2)36;/h5,7-8,11,19H,6,9-10H2,1-4H3,(H,29,35)(H,31,38)(H,30,32,33,36);1H4/t19-;/m0./s1. The van der Waals surface area contributed by atoms with E-state index >= 15 is 0 Å². The second kappa shape index (κ2) is 14.8. The van der Waals surface area contributed by atoms with Gasteiger partial charge in [0.25, 0.3) is 0 Å². The van der Waals surface area contributed by atoms with Crippen LogP contribution in [0.15, 0.2) is 29.3 Å². The van der Waals surface area contributed by atoms with Crippen LogP contribution in [-0.4, -0.2) is 52.4 Å². The Morgan fingerprint density at radius 1 is 1.10 bits per heavy atom. The minimum atomic E-state index is -4.65. The lowest BCUT2D eigenvalue weighted by molar-refractivity contribution is -0.137. The van der Waals surface area contributed by atoms with Crippen LogP contribution in [0.2, 0.25) is 0 Å². The highest BCUT2D eigenvalue weighted by Gasteiger charge is 2.34. The van der Waals surface area contributed by atoms with Crippen LogP contribution in [0, 0.1) is 11.3 Å². The molecule has 1 aromatic heterocycles. The van der Waals surface area contributed by atoms with Crippen molar-refractivity contribution in [2.45, 2.75) is 58.3 Å². The molecule has 0 aliphatic heterocycles. The van der Waals surface area contributed by atoms with Gasteiger partial charge in [-0.25, -0.2) is 4.98 Å². The Morgan fingerprint density at radius 2 is 1.77 bits per heavy atom. The van der Waals surface area contributed by atoms with Crippen LogP contribution in [0.1, 0.15) is 52.2 Å². The van der Waals surface area contributed by atoms with Gasteiger partial charge < -0.3 is 10.6 Å². The van der Waals surface area contributed by atoms with E-state index < -0.39 is 35.5 Å². The third-order valence-electron chi connectivity index (χ3n) is 5.12. The molecule has 0 aliphatic carbocycles. The fourth-order valence-electron chi connectivity index (χ4n) is 3.51. The predicted molar refractivity (Wildman–Crippen MR) is 145 cm³/mol. The molecule has 11 nitrogen and oxygen atoms in total. The first-order valence-corrected chi connectivity index (χ1v) is 12.7. The molecule has 40 heavy (non-hydrogen) atoms. The zero-order chi connectivity index (χ0) is 29.3. The predicted octanol–water partition coefficient (Wildman–Crippen LogP) is 3.96. The summed E-state index contributed by atoms with van der Waals surface area (Å²) < 4.78 is 39.6. The Labute approximate surface area is 233 Å². The van der Waals surface area contributed by atoms with Crippen molar-refractivity contribution in [3.05, 3.63) is 35.4 Å². The third kappa shape index (κ3) is 9.23. The van der Waals surface area contributed by atoms with Crippen molar-refractivity contribution in [3.63, 3.8) is 0 Å². The summed E-state index contributed by atoms with van der Waals surface area (Å²) in [6.45, 7) is 3.76. The number of nitrogens with one attached hydrogen (secondary N) is 3. The number of aromatic nitrogens is 2. The quantitative estimate of drug-likeness (QED) is 0.216. The molecular weight excluding hydrogens is 551 g/mol. The van der Waals surface area contributed by atoms with Crippen molar-refractivity contribution < 1.29 is 32.3 Å². The molecule has 216 valence electrons. The summed E-state index contributed by atoms with van der Waals surface area (Å²) >= 11 is 1.04. The minimum absolute atomic E-state index is 0. The molecule has 2 rings (SSSR count). The van der Waals surface area contributed by atoms with Crippen LogP contribution in [0.4, 0.5) is 30.6 Å². The van der Waals surface area contributed by atoms with Crippen molar-refractivity contribution >= 4 is 52.8 Å². The molecule has 0 aliphatic rings. The maximum Gasteiger partial charge on any atom is 0.416 e. The van der Waals surface area contributed by atoms with Gasteiger partial charge in [0.1, 0.15) is 22.7 Å². The van der Waals surface area contributed by atoms with Crippen LogP contribution in [0.3, 0.4) is 0 Å². The molecule has 0 saturated carbocycles. The van der Waals surface area contributed by atoms with Crippen molar-refractivity contribution in [1.82, 2.24) is 15.3 Å². The summed E-state index contributed by atoms with van der Waals surface area (Å²) in [7, 11) is 0. The number of thioether (sulfide) groups is 1. The molecule has 0 radical (unpaired) electrons. The lowest BCUT2D eigenvalue weighted by Crippen LogP contribution is -2.48. The van der Waals surface area contributed by atoms with Crippen LogP contribution in [0.25, 0.3) is 0 Å². The first-order chi connectivity index (χ1) is 18.3. The van der Waals surface area contributed by atoms with Crippen molar-refractivity contribution in [1.29, 1.82) is 5.26 Å². The van der Waals surface area contributed by atoms with E-state index in [1.807, 2.05) is 6.07 Å². The first-order valence-electron chi connectivity index (χ1n) is 11.4. The number of alkyl halides is 3. The third-order valence-corrected chi connectivity index (χ3v) is 5.80. The topological polar surface area (TPSA) is 157 Å². The van der Waals surface area contributed by atoms with Crippen molar-refractivity contribution in [3.8, 4) is 6.07 Å². The van der Waals surface area contributed by atoms with Crippen LogP contribution in [-0.2, 0) is 25.4 Å². The van der Waals surface area contributed by atoms with E-state index in [2.05, 4.69) is 25.9 Å². The van der Waals surface area contributed by atoms with Gasteiger partial charge in [-0.2, -0.15) is 23.4 Å². The minimum Gasteiger partial charge on any atom is -0.356 e. The van der Waals surface area contributed by atoms with Crippen LogP contribution < -0.4 is 20.9 Å². The number of nitriles is 1. The lowest BCUT2D eigenvalue weighted by atomic mass is 10.1. The maximum atomic E-state index is 13.5. The van der Waals surface area contributed by atoms with E-state index in [-0.39, 0.29) is 60.8 Å². The number of carbonyl (C=O) groups excluding carboxylic acids is 4. The number of rotatable bonds is 10. The highest BCUT2D eigenvalue weighted by Crippen LogP contribution is 2.32. The maximum absolute atomic E-state index is 13.5. The summed E-state index contributed by atoms with van der Waals surface area (Å²) in [5.41, 5.74) is -1.30. The van der Waals surface area contributed by atoms with E-state index in [9.17, 15) is 37.6 Å².